The van der Waals surface area contributed by atoms with Gasteiger partial charge >= 0.3 is 5.97 Å². The van der Waals surface area contributed by atoms with Crippen LogP contribution in [0.2, 0.25) is 0 Å². The molecule has 0 bridgehead atoms. The number of hydrogen-bond acceptors (Lipinski definition) is 6. The number of aryl methyl sites for hydroxylation is 1. The van der Waals surface area contributed by atoms with Crippen LogP contribution in [0.3, 0.4) is 0 Å². The number of carbonyl (C=O) groups is 1. The molecule has 0 radical (unpaired) electrons. The molecule has 0 amide bonds. The van der Waals surface area contributed by atoms with Crippen LogP contribution in [0.1, 0.15) is 35.7 Å². The molecule has 2 aromatic carbocycles. The normalized spacial score (nSPS) is 16.9. The highest BCUT2D eigenvalue weighted by atomic mass is 32.2. The summed E-state index contributed by atoms with van der Waals surface area (Å²) < 4.78 is 35.5. The molecule has 1 heterocycles. The molecule has 1 unspecified atom stereocenters. The molecular formula is C20H24N2O5S. The number of nitrogens with two attached hydrogens (primary N) is 1. The summed E-state index contributed by atoms with van der Waals surface area (Å²) in [6, 6.07) is 10.2. The van der Waals surface area contributed by atoms with Crippen LogP contribution in [-0.4, -0.2) is 34.1 Å². The van der Waals surface area contributed by atoms with Crippen molar-refractivity contribution in [2.24, 2.45) is 5.14 Å². The lowest BCUT2D eigenvalue weighted by Gasteiger charge is -2.27. The van der Waals surface area contributed by atoms with Gasteiger partial charge in [-0.15, -0.1) is 0 Å². The van der Waals surface area contributed by atoms with Crippen molar-refractivity contribution >= 4 is 21.7 Å². The van der Waals surface area contributed by atoms with E-state index in [0.717, 1.165) is 24.9 Å². The Labute approximate surface area is 165 Å². The van der Waals surface area contributed by atoms with Crippen molar-refractivity contribution < 1.29 is 22.7 Å². The maximum absolute atomic E-state index is 12.3. The topological polar surface area (TPSA) is 98.9 Å². The molecule has 0 aromatic heterocycles. The van der Waals surface area contributed by atoms with Gasteiger partial charge in [0.05, 0.1) is 18.4 Å². The molecule has 2 N–H and O–H groups in total. The minimum absolute atomic E-state index is 0.108. The molecule has 0 spiro atoms. The maximum Gasteiger partial charge on any atom is 0.337 e. The Balaban J connectivity index is 2.23. The SMILES string of the molecule is COC(=O)c1cc(N2CCCC2C)c(Oc2ccc(C)cc2)c(S(N)(=O)=O)c1. The molecule has 2 aromatic rings. The van der Waals surface area contributed by atoms with E-state index < -0.39 is 16.0 Å². The molecule has 1 fully saturated rings. The largest absolute Gasteiger partial charge is 0.465 e. The summed E-state index contributed by atoms with van der Waals surface area (Å²) in [5.41, 5.74) is 1.67. The summed E-state index contributed by atoms with van der Waals surface area (Å²) in [6.45, 7) is 4.71. The van der Waals surface area contributed by atoms with Crippen LogP contribution in [0.4, 0.5) is 5.69 Å². The third-order valence-electron chi connectivity index (χ3n) is 4.87. The van der Waals surface area contributed by atoms with Gasteiger partial charge in [0.25, 0.3) is 0 Å². The number of esters is 1. The van der Waals surface area contributed by atoms with Gasteiger partial charge in [0.15, 0.2) is 5.75 Å². The zero-order valence-electron chi connectivity index (χ0n) is 16.1. The van der Waals surface area contributed by atoms with E-state index in [4.69, 9.17) is 14.6 Å². The summed E-state index contributed by atoms with van der Waals surface area (Å²) in [6.07, 6.45) is 1.91. The minimum atomic E-state index is -4.15. The van der Waals surface area contributed by atoms with E-state index >= 15 is 0 Å². The Morgan fingerprint density at radius 2 is 1.89 bits per heavy atom. The number of primary sulfonamides is 1. The fraction of sp³-hybridized carbons (Fsp3) is 0.350. The quantitative estimate of drug-likeness (QED) is 0.768. The smallest absolute Gasteiger partial charge is 0.337 e. The van der Waals surface area contributed by atoms with Crippen molar-refractivity contribution in [1.29, 1.82) is 0 Å². The van der Waals surface area contributed by atoms with Crippen molar-refractivity contribution in [2.75, 3.05) is 18.6 Å². The number of sulfonamides is 1. The zero-order chi connectivity index (χ0) is 20.5. The van der Waals surface area contributed by atoms with Gasteiger partial charge in [-0.25, -0.2) is 18.4 Å². The Hall–Kier alpha value is -2.58. The van der Waals surface area contributed by atoms with Gasteiger partial charge in [0.2, 0.25) is 10.0 Å². The van der Waals surface area contributed by atoms with Gasteiger partial charge in [-0.2, -0.15) is 0 Å². The molecular weight excluding hydrogens is 380 g/mol. The van der Waals surface area contributed by atoms with E-state index in [9.17, 15) is 13.2 Å². The zero-order valence-corrected chi connectivity index (χ0v) is 17.0. The summed E-state index contributed by atoms with van der Waals surface area (Å²) in [5, 5.41) is 5.47. The molecule has 3 rings (SSSR count). The van der Waals surface area contributed by atoms with Crippen molar-refractivity contribution in [3.63, 3.8) is 0 Å². The fourth-order valence-corrected chi connectivity index (χ4v) is 4.06. The standard InChI is InChI=1S/C20H24N2O5S/c1-13-6-8-16(9-7-13)27-19-17(22-10-4-5-14(22)2)11-15(20(23)26-3)12-18(19)28(21,24)25/h6-9,11-12,14H,4-5,10H2,1-3H3,(H2,21,24,25). The van der Waals surface area contributed by atoms with Crippen LogP contribution in [0, 0.1) is 6.92 Å². The van der Waals surface area contributed by atoms with Crippen LogP contribution >= 0.6 is 0 Å². The highest BCUT2D eigenvalue weighted by Gasteiger charge is 2.30. The van der Waals surface area contributed by atoms with E-state index in [1.807, 2.05) is 30.9 Å². The molecule has 150 valence electrons. The number of ether oxygens (including phenoxy) is 2. The summed E-state index contributed by atoms with van der Waals surface area (Å²) in [5.74, 6) is -0.0398. The van der Waals surface area contributed by atoms with Gasteiger partial charge in [0, 0.05) is 12.6 Å². The molecule has 1 aliphatic rings. The van der Waals surface area contributed by atoms with Gasteiger partial charge < -0.3 is 14.4 Å². The maximum atomic E-state index is 12.3. The van der Waals surface area contributed by atoms with Crippen molar-refractivity contribution in [2.45, 2.75) is 37.6 Å². The first-order valence-electron chi connectivity index (χ1n) is 9.01. The van der Waals surface area contributed by atoms with Crippen molar-refractivity contribution in [1.82, 2.24) is 0 Å². The Morgan fingerprint density at radius 1 is 1.21 bits per heavy atom. The first-order chi connectivity index (χ1) is 13.2. The Bertz CT molecular complexity index is 986. The molecule has 0 saturated carbocycles. The number of benzene rings is 2. The molecule has 0 aliphatic carbocycles. The van der Waals surface area contributed by atoms with Crippen LogP contribution < -0.4 is 14.8 Å². The van der Waals surface area contributed by atoms with E-state index in [-0.39, 0.29) is 22.3 Å². The fourth-order valence-electron chi connectivity index (χ4n) is 3.37. The second-order valence-electron chi connectivity index (χ2n) is 6.96. The monoisotopic (exact) mass is 404 g/mol. The third-order valence-corrected chi connectivity index (χ3v) is 5.78. The number of rotatable bonds is 5. The van der Waals surface area contributed by atoms with Crippen LogP contribution in [0.25, 0.3) is 0 Å². The van der Waals surface area contributed by atoms with Gasteiger partial charge in [0.1, 0.15) is 10.6 Å². The lowest BCUT2D eigenvalue weighted by atomic mass is 10.1. The summed E-state index contributed by atoms with van der Waals surface area (Å²) >= 11 is 0. The highest BCUT2D eigenvalue weighted by Crippen LogP contribution is 2.41. The van der Waals surface area contributed by atoms with E-state index in [0.29, 0.717) is 11.4 Å². The number of methoxy groups -OCH3 is 1. The van der Waals surface area contributed by atoms with E-state index in [2.05, 4.69) is 0 Å². The second kappa shape index (κ2) is 7.81. The van der Waals surface area contributed by atoms with Crippen molar-refractivity contribution in [3.8, 4) is 11.5 Å². The minimum Gasteiger partial charge on any atom is -0.465 e. The Kier molecular flexibility index (Phi) is 5.62. The molecule has 1 aliphatic heterocycles. The van der Waals surface area contributed by atoms with Crippen LogP contribution in [0.15, 0.2) is 41.3 Å². The predicted molar refractivity (Wildman–Crippen MR) is 106 cm³/mol. The van der Waals surface area contributed by atoms with Crippen LogP contribution in [0.5, 0.6) is 11.5 Å². The predicted octanol–water partition coefficient (Wildman–Crippen LogP) is 3.21. The molecule has 28 heavy (non-hydrogen) atoms. The van der Waals surface area contributed by atoms with Gasteiger partial charge in [-0.05, 0) is 51.0 Å². The second-order valence-corrected chi connectivity index (χ2v) is 8.49. The molecule has 8 heteroatoms. The summed E-state index contributed by atoms with van der Waals surface area (Å²) in [4.78, 5) is 13.9. The van der Waals surface area contributed by atoms with Crippen LogP contribution in [-0.2, 0) is 14.8 Å². The first-order valence-corrected chi connectivity index (χ1v) is 10.6. The molecule has 1 atom stereocenters. The highest BCUT2D eigenvalue weighted by molar-refractivity contribution is 7.89. The number of hydrogen-bond donors (Lipinski definition) is 1. The van der Waals surface area contributed by atoms with Crippen molar-refractivity contribution in [3.05, 3.63) is 47.5 Å². The average Bonchev–Trinajstić information content (AvgIpc) is 3.07. The number of carbonyl (C=O) groups excluding carboxylic acids is 1. The molecule has 1 saturated heterocycles. The van der Waals surface area contributed by atoms with Gasteiger partial charge in [-0.1, -0.05) is 17.7 Å². The lowest BCUT2D eigenvalue weighted by Crippen LogP contribution is -2.28. The lowest BCUT2D eigenvalue weighted by molar-refractivity contribution is 0.0600. The molecule has 7 nitrogen and oxygen atoms in total. The number of nitrogens with zero attached hydrogens (tertiary/aromatic N) is 1. The van der Waals surface area contributed by atoms with Gasteiger partial charge in [-0.3, -0.25) is 0 Å². The van der Waals surface area contributed by atoms with E-state index in [1.165, 1.54) is 13.2 Å². The average molecular weight is 404 g/mol. The number of anilines is 1. The first kappa shape index (κ1) is 20.2. The summed E-state index contributed by atoms with van der Waals surface area (Å²) in [7, 11) is -2.91. The Morgan fingerprint density at radius 3 is 2.43 bits per heavy atom. The third kappa shape index (κ3) is 4.13. The van der Waals surface area contributed by atoms with E-state index in [1.54, 1.807) is 18.2 Å².